The standard InChI is InChI=1S/C25H22N4O2S/c1-18(30)26-21-10-12-22(13-11-21)27-24(31)14-9-20-17-29(16-19-6-3-2-4-7-19)28-25(20)23-8-5-15-32-23/h2-15,17H,16H2,1H3,(H,26,30)(H,27,31)/b14-9+. The number of nitrogens with zero attached hydrogens (tertiary/aromatic N) is 2. The summed E-state index contributed by atoms with van der Waals surface area (Å²) < 4.78 is 1.89. The number of hydrogen-bond donors (Lipinski definition) is 2. The van der Waals surface area contributed by atoms with Gasteiger partial charge < -0.3 is 10.6 Å². The summed E-state index contributed by atoms with van der Waals surface area (Å²) in [4.78, 5) is 24.6. The van der Waals surface area contributed by atoms with E-state index in [1.165, 1.54) is 13.0 Å². The topological polar surface area (TPSA) is 76.0 Å². The molecule has 2 aromatic carbocycles. The SMILES string of the molecule is CC(=O)Nc1ccc(NC(=O)/C=C/c2cn(Cc3ccccc3)nc2-c2cccs2)cc1. The van der Waals surface area contributed by atoms with E-state index in [0.29, 0.717) is 17.9 Å². The molecule has 2 amide bonds. The predicted molar refractivity (Wildman–Crippen MR) is 129 cm³/mol. The molecule has 0 radical (unpaired) electrons. The smallest absolute Gasteiger partial charge is 0.248 e. The van der Waals surface area contributed by atoms with E-state index in [9.17, 15) is 9.59 Å². The molecule has 32 heavy (non-hydrogen) atoms. The van der Waals surface area contributed by atoms with Crippen LogP contribution in [0.25, 0.3) is 16.6 Å². The minimum atomic E-state index is -0.245. The van der Waals surface area contributed by atoms with Crippen molar-refractivity contribution >= 4 is 40.6 Å². The van der Waals surface area contributed by atoms with Crippen molar-refractivity contribution in [1.82, 2.24) is 9.78 Å². The lowest BCUT2D eigenvalue weighted by Crippen LogP contribution is -2.08. The Hall–Kier alpha value is -3.97. The Balaban J connectivity index is 1.49. The lowest BCUT2D eigenvalue weighted by atomic mass is 10.2. The Labute approximate surface area is 190 Å². The average Bonchev–Trinajstić information content (AvgIpc) is 3.44. The largest absolute Gasteiger partial charge is 0.326 e. The van der Waals surface area contributed by atoms with Gasteiger partial charge in [-0.2, -0.15) is 5.10 Å². The first-order chi connectivity index (χ1) is 15.6. The maximum atomic E-state index is 12.5. The van der Waals surface area contributed by atoms with Crippen molar-refractivity contribution in [2.24, 2.45) is 0 Å². The Morgan fingerprint density at radius 3 is 2.34 bits per heavy atom. The molecule has 4 aromatic rings. The summed E-state index contributed by atoms with van der Waals surface area (Å²) in [5, 5.41) is 12.3. The molecule has 0 spiro atoms. The zero-order valence-corrected chi connectivity index (χ0v) is 18.3. The van der Waals surface area contributed by atoms with E-state index in [4.69, 9.17) is 5.10 Å². The van der Waals surface area contributed by atoms with E-state index in [2.05, 4.69) is 22.8 Å². The van der Waals surface area contributed by atoms with Gasteiger partial charge in [-0.25, -0.2) is 0 Å². The van der Waals surface area contributed by atoms with Crippen molar-refractivity contribution in [2.45, 2.75) is 13.5 Å². The number of benzene rings is 2. The van der Waals surface area contributed by atoms with Gasteiger partial charge in [0.05, 0.1) is 11.4 Å². The molecule has 2 N–H and O–H groups in total. The number of thiophene rings is 1. The molecule has 2 aromatic heterocycles. The summed E-state index contributed by atoms with van der Waals surface area (Å²) in [6.07, 6.45) is 5.24. The summed E-state index contributed by atoms with van der Waals surface area (Å²) >= 11 is 1.61. The highest BCUT2D eigenvalue weighted by atomic mass is 32.1. The second-order valence-electron chi connectivity index (χ2n) is 7.17. The van der Waals surface area contributed by atoms with Crippen LogP contribution in [0.2, 0.25) is 0 Å². The second kappa shape index (κ2) is 9.89. The summed E-state index contributed by atoms with van der Waals surface area (Å²) in [7, 11) is 0. The second-order valence-corrected chi connectivity index (χ2v) is 8.12. The van der Waals surface area contributed by atoms with Crippen LogP contribution in [0.1, 0.15) is 18.1 Å². The molecule has 4 rings (SSSR count). The molecule has 0 aliphatic rings. The quantitative estimate of drug-likeness (QED) is 0.383. The number of rotatable bonds is 7. The van der Waals surface area contributed by atoms with Crippen LogP contribution in [0.5, 0.6) is 0 Å². The molecule has 0 bridgehead atoms. The highest BCUT2D eigenvalue weighted by molar-refractivity contribution is 7.13. The van der Waals surface area contributed by atoms with Crippen LogP contribution in [-0.4, -0.2) is 21.6 Å². The first-order valence-electron chi connectivity index (χ1n) is 10.1. The maximum Gasteiger partial charge on any atom is 0.248 e. The fraction of sp³-hybridized carbons (Fsp3) is 0.0800. The maximum absolute atomic E-state index is 12.5. The number of aromatic nitrogens is 2. The Morgan fingerprint density at radius 2 is 1.69 bits per heavy atom. The Bertz CT molecular complexity index is 1230. The van der Waals surface area contributed by atoms with Crippen molar-refractivity contribution in [3.63, 3.8) is 0 Å². The molecule has 160 valence electrons. The zero-order valence-electron chi connectivity index (χ0n) is 17.5. The molecule has 7 heteroatoms. The molecular weight excluding hydrogens is 420 g/mol. The number of carbonyl (C=O) groups excluding carboxylic acids is 2. The van der Waals surface area contributed by atoms with Crippen molar-refractivity contribution in [3.05, 3.63) is 95.5 Å². The number of amides is 2. The normalized spacial score (nSPS) is 10.9. The zero-order chi connectivity index (χ0) is 22.3. The number of anilines is 2. The third kappa shape index (κ3) is 5.59. The predicted octanol–water partition coefficient (Wildman–Crippen LogP) is 5.27. The van der Waals surface area contributed by atoms with Gasteiger partial charge in [0.25, 0.3) is 0 Å². The molecule has 0 fully saturated rings. The number of hydrogen-bond acceptors (Lipinski definition) is 4. The Kier molecular flexibility index (Phi) is 6.57. The van der Waals surface area contributed by atoms with Crippen LogP contribution in [0.4, 0.5) is 11.4 Å². The van der Waals surface area contributed by atoms with Crippen LogP contribution in [0.15, 0.2) is 84.4 Å². The molecule has 0 saturated carbocycles. The summed E-state index contributed by atoms with van der Waals surface area (Å²) in [5.74, 6) is -0.385. The van der Waals surface area contributed by atoms with Gasteiger partial charge in [-0.05, 0) is 47.4 Å². The van der Waals surface area contributed by atoms with Crippen LogP contribution in [0, 0.1) is 0 Å². The van der Waals surface area contributed by atoms with Gasteiger partial charge in [-0.15, -0.1) is 11.3 Å². The van der Waals surface area contributed by atoms with Gasteiger partial charge in [-0.3, -0.25) is 14.3 Å². The van der Waals surface area contributed by atoms with Crippen molar-refractivity contribution in [2.75, 3.05) is 10.6 Å². The van der Waals surface area contributed by atoms with E-state index in [1.54, 1.807) is 41.7 Å². The fourth-order valence-corrected chi connectivity index (χ4v) is 3.94. The van der Waals surface area contributed by atoms with Crippen molar-refractivity contribution in [1.29, 1.82) is 0 Å². The lowest BCUT2D eigenvalue weighted by Gasteiger charge is -2.05. The fourth-order valence-electron chi connectivity index (χ4n) is 3.20. The summed E-state index contributed by atoms with van der Waals surface area (Å²) in [6.45, 7) is 2.10. The number of carbonyl (C=O) groups is 2. The van der Waals surface area contributed by atoms with Gasteiger partial charge >= 0.3 is 0 Å². The molecule has 0 aliphatic carbocycles. The van der Waals surface area contributed by atoms with E-state index in [-0.39, 0.29) is 11.8 Å². The van der Waals surface area contributed by atoms with Crippen molar-refractivity contribution < 1.29 is 9.59 Å². The van der Waals surface area contributed by atoms with Gasteiger partial charge in [0.2, 0.25) is 11.8 Å². The van der Waals surface area contributed by atoms with Crippen LogP contribution in [-0.2, 0) is 16.1 Å². The Morgan fingerprint density at radius 1 is 0.969 bits per heavy atom. The minimum Gasteiger partial charge on any atom is -0.326 e. The molecule has 0 atom stereocenters. The first kappa shape index (κ1) is 21.3. The minimum absolute atomic E-state index is 0.140. The lowest BCUT2D eigenvalue weighted by molar-refractivity contribution is -0.114. The van der Waals surface area contributed by atoms with Crippen LogP contribution < -0.4 is 10.6 Å². The molecular formula is C25H22N4O2S. The van der Waals surface area contributed by atoms with Gasteiger partial charge in [-0.1, -0.05) is 36.4 Å². The van der Waals surface area contributed by atoms with E-state index < -0.39 is 0 Å². The molecule has 0 saturated heterocycles. The van der Waals surface area contributed by atoms with Crippen LogP contribution in [0.3, 0.4) is 0 Å². The van der Waals surface area contributed by atoms with Crippen molar-refractivity contribution in [3.8, 4) is 10.6 Å². The van der Waals surface area contributed by atoms with Gasteiger partial charge in [0.15, 0.2) is 0 Å². The van der Waals surface area contributed by atoms with E-state index in [1.807, 2.05) is 46.6 Å². The van der Waals surface area contributed by atoms with Gasteiger partial charge in [0.1, 0.15) is 5.69 Å². The third-order valence-corrected chi connectivity index (χ3v) is 5.50. The van der Waals surface area contributed by atoms with Gasteiger partial charge in [0, 0.05) is 36.1 Å². The molecule has 2 heterocycles. The van der Waals surface area contributed by atoms with E-state index >= 15 is 0 Å². The first-order valence-corrected chi connectivity index (χ1v) is 11.0. The monoisotopic (exact) mass is 442 g/mol. The average molecular weight is 443 g/mol. The molecule has 0 unspecified atom stereocenters. The number of nitrogens with one attached hydrogen (secondary N) is 2. The van der Waals surface area contributed by atoms with E-state index in [0.717, 1.165) is 21.7 Å². The molecule has 0 aliphatic heterocycles. The third-order valence-electron chi connectivity index (χ3n) is 4.62. The molecule has 6 nitrogen and oxygen atoms in total. The highest BCUT2D eigenvalue weighted by Crippen LogP contribution is 2.28. The van der Waals surface area contributed by atoms with Crippen LogP contribution >= 0.6 is 11.3 Å². The summed E-state index contributed by atoms with van der Waals surface area (Å²) in [5.41, 5.74) is 4.20. The highest BCUT2D eigenvalue weighted by Gasteiger charge is 2.11. The summed E-state index contributed by atoms with van der Waals surface area (Å²) in [6, 6.07) is 21.1.